The van der Waals surface area contributed by atoms with E-state index in [9.17, 15) is 13.2 Å². The van der Waals surface area contributed by atoms with Crippen LogP contribution in [-0.4, -0.2) is 4.98 Å². The zero-order valence-corrected chi connectivity index (χ0v) is 10.3. The van der Waals surface area contributed by atoms with Crippen LogP contribution in [0, 0.1) is 0 Å². The summed E-state index contributed by atoms with van der Waals surface area (Å²) in [7, 11) is 0. The molecule has 0 saturated carbocycles. The van der Waals surface area contributed by atoms with Crippen molar-refractivity contribution in [3.05, 3.63) is 59.9 Å². The molecule has 19 heavy (non-hydrogen) atoms. The van der Waals surface area contributed by atoms with Crippen molar-refractivity contribution in [2.45, 2.75) is 19.1 Å². The molecule has 0 bridgehead atoms. The molecule has 1 unspecified atom stereocenters. The van der Waals surface area contributed by atoms with Crippen LogP contribution in [0.1, 0.15) is 24.2 Å². The molecule has 0 radical (unpaired) electrons. The summed E-state index contributed by atoms with van der Waals surface area (Å²) in [5, 5.41) is 3.11. The second-order valence-corrected chi connectivity index (χ2v) is 4.20. The van der Waals surface area contributed by atoms with E-state index in [1.165, 1.54) is 12.1 Å². The van der Waals surface area contributed by atoms with Crippen LogP contribution in [0.15, 0.2) is 48.7 Å². The zero-order chi connectivity index (χ0) is 13.9. The molecule has 100 valence electrons. The van der Waals surface area contributed by atoms with E-state index in [2.05, 4.69) is 10.3 Å². The number of alkyl halides is 3. The monoisotopic (exact) mass is 266 g/mol. The van der Waals surface area contributed by atoms with Gasteiger partial charge in [0.05, 0.1) is 17.3 Å². The van der Waals surface area contributed by atoms with Crippen molar-refractivity contribution in [1.29, 1.82) is 0 Å². The number of pyridine rings is 1. The molecule has 0 aliphatic carbocycles. The van der Waals surface area contributed by atoms with Crippen molar-refractivity contribution in [1.82, 2.24) is 4.98 Å². The van der Waals surface area contributed by atoms with Gasteiger partial charge in [-0.15, -0.1) is 0 Å². The predicted molar refractivity (Wildman–Crippen MR) is 67.7 cm³/mol. The van der Waals surface area contributed by atoms with E-state index in [1.54, 1.807) is 6.20 Å². The molecule has 1 heterocycles. The quantitative estimate of drug-likeness (QED) is 0.897. The normalized spacial score (nSPS) is 13.1. The van der Waals surface area contributed by atoms with Crippen LogP contribution in [0.25, 0.3) is 0 Å². The van der Waals surface area contributed by atoms with Crippen molar-refractivity contribution < 1.29 is 13.2 Å². The SMILES string of the molecule is CC(Nc1ccc(C(F)(F)F)cc1)c1ccccn1. The number of rotatable bonds is 3. The standard InChI is InChI=1S/C14H13F3N2/c1-10(13-4-2-3-9-18-13)19-12-7-5-11(6-8-12)14(15,16)17/h2-10,19H,1H3. The molecule has 0 aliphatic rings. The predicted octanol–water partition coefficient (Wildman–Crippen LogP) is 4.27. The van der Waals surface area contributed by atoms with E-state index in [1.807, 2.05) is 25.1 Å². The van der Waals surface area contributed by atoms with Gasteiger partial charge in [-0.3, -0.25) is 4.98 Å². The first-order valence-electron chi connectivity index (χ1n) is 5.81. The van der Waals surface area contributed by atoms with Crippen LogP contribution in [0.4, 0.5) is 18.9 Å². The summed E-state index contributed by atoms with van der Waals surface area (Å²) in [4.78, 5) is 4.19. The van der Waals surface area contributed by atoms with Crippen LogP contribution in [0.2, 0.25) is 0 Å². The average molecular weight is 266 g/mol. The maximum absolute atomic E-state index is 12.4. The van der Waals surface area contributed by atoms with Crippen molar-refractivity contribution in [3.63, 3.8) is 0 Å². The summed E-state index contributed by atoms with van der Waals surface area (Å²) in [6.45, 7) is 1.90. The summed E-state index contributed by atoms with van der Waals surface area (Å²) in [6, 6.07) is 10.4. The van der Waals surface area contributed by atoms with Gasteiger partial charge in [-0.2, -0.15) is 13.2 Å². The highest BCUT2D eigenvalue weighted by molar-refractivity contribution is 5.46. The van der Waals surface area contributed by atoms with Gasteiger partial charge in [0, 0.05) is 11.9 Å². The average Bonchev–Trinajstić information content (AvgIpc) is 2.39. The fourth-order valence-corrected chi connectivity index (χ4v) is 1.71. The summed E-state index contributed by atoms with van der Waals surface area (Å²) in [5.41, 5.74) is 0.817. The number of anilines is 1. The first kappa shape index (κ1) is 13.4. The lowest BCUT2D eigenvalue weighted by Crippen LogP contribution is -2.09. The summed E-state index contributed by atoms with van der Waals surface area (Å²) < 4.78 is 37.2. The fourth-order valence-electron chi connectivity index (χ4n) is 1.71. The van der Waals surface area contributed by atoms with E-state index < -0.39 is 11.7 Å². The minimum Gasteiger partial charge on any atom is -0.377 e. The zero-order valence-electron chi connectivity index (χ0n) is 10.3. The number of hydrogen-bond acceptors (Lipinski definition) is 2. The fraction of sp³-hybridized carbons (Fsp3) is 0.214. The van der Waals surface area contributed by atoms with Gasteiger partial charge in [0.1, 0.15) is 0 Å². The molecular formula is C14H13F3N2. The van der Waals surface area contributed by atoms with Crippen molar-refractivity contribution in [2.75, 3.05) is 5.32 Å². The van der Waals surface area contributed by atoms with Gasteiger partial charge in [0.25, 0.3) is 0 Å². The van der Waals surface area contributed by atoms with Crippen molar-refractivity contribution in [2.24, 2.45) is 0 Å². The molecule has 0 amide bonds. The highest BCUT2D eigenvalue weighted by atomic mass is 19.4. The number of nitrogens with one attached hydrogen (secondary N) is 1. The molecule has 0 fully saturated rings. The highest BCUT2D eigenvalue weighted by Crippen LogP contribution is 2.30. The third-order valence-corrected chi connectivity index (χ3v) is 2.73. The Morgan fingerprint density at radius 2 is 1.74 bits per heavy atom. The summed E-state index contributed by atoms with van der Waals surface area (Å²) >= 11 is 0. The topological polar surface area (TPSA) is 24.9 Å². The maximum atomic E-state index is 12.4. The van der Waals surface area contributed by atoms with E-state index in [-0.39, 0.29) is 6.04 Å². The molecule has 1 N–H and O–H groups in total. The van der Waals surface area contributed by atoms with Crippen LogP contribution in [0.3, 0.4) is 0 Å². The van der Waals surface area contributed by atoms with E-state index in [4.69, 9.17) is 0 Å². The lowest BCUT2D eigenvalue weighted by Gasteiger charge is -2.15. The second-order valence-electron chi connectivity index (χ2n) is 4.20. The number of halogens is 3. The van der Waals surface area contributed by atoms with Gasteiger partial charge in [-0.1, -0.05) is 6.07 Å². The molecule has 2 rings (SSSR count). The van der Waals surface area contributed by atoms with E-state index in [0.29, 0.717) is 5.69 Å². The number of nitrogens with zero attached hydrogens (tertiary/aromatic N) is 1. The third-order valence-electron chi connectivity index (χ3n) is 2.73. The van der Waals surface area contributed by atoms with Gasteiger partial charge in [0.15, 0.2) is 0 Å². The van der Waals surface area contributed by atoms with Crippen molar-refractivity contribution in [3.8, 4) is 0 Å². The van der Waals surface area contributed by atoms with Gasteiger partial charge >= 0.3 is 6.18 Å². The first-order valence-corrected chi connectivity index (χ1v) is 5.81. The lowest BCUT2D eigenvalue weighted by atomic mass is 10.1. The molecule has 0 saturated heterocycles. The third kappa shape index (κ3) is 3.47. The van der Waals surface area contributed by atoms with E-state index in [0.717, 1.165) is 17.8 Å². The Hall–Kier alpha value is -2.04. The Bertz CT molecular complexity index is 521. The maximum Gasteiger partial charge on any atom is 0.416 e. The molecule has 5 heteroatoms. The van der Waals surface area contributed by atoms with Crippen molar-refractivity contribution >= 4 is 5.69 Å². The lowest BCUT2D eigenvalue weighted by molar-refractivity contribution is -0.137. The Labute approximate surface area is 109 Å². The van der Waals surface area contributed by atoms with Crippen LogP contribution < -0.4 is 5.32 Å². The highest BCUT2D eigenvalue weighted by Gasteiger charge is 2.29. The largest absolute Gasteiger partial charge is 0.416 e. The second kappa shape index (κ2) is 5.30. The van der Waals surface area contributed by atoms with Gasteiger partial charge in [-0.05, 0) is 43.3 Å². The number of aromatic nitrogens is 1. The molecule has 1 aromatic heterocycles. The Morgan fingerprint density at radius 1 is 1.05 bits per heavy atom. The molecule has 1 aromatic carbocycles. The minimum atomic E-state index is -4.30. The molecule has 0 spiro atoms. The molecule has 2 aromatic rings. The van der Waals surface area contributed by atoms with Crippen LogP contribution in [0.5, 0.6) is 0 Å². The summed E-state index contributed by atoms with van der Waals surface area (Å²) in [5.74, 6) is 0. The first-order chi connectivity index (χ1) is 8.97. The minimum absolute atomic E-state index is 0.0714. The van der Waals surface area contributed by atoms with Crippen LogP contribution >= 0.6 is 0 Å². The Balaban J connectivity index is 2.08. The molecule has 1 atom stereocenters. The number of hydrogen-bond donors (Lipinski definition) is 1. The van der Waals surface area contributed by atoms with Crippen LogP contribution in [-0.2, 0) is 6.18 Å². The van der Waals surface area contributed by atoms with Gasteiger partial charge in [0.2, 0.25) is 0 Å². The Morgan fingerprint density at radius 3 is 2.26 bits per heavy atom. The molecule has 0 aliphatic heterocycles. The van der Waals surface area contributed by atoms with Gasteiger partial charge in [-0.25, -0.2) is 0 Å². The van der Waals surface area contributed by atoms with E-state index >= 15 is 0 Å². The smallest absolute Gasteiger partial charge is 0.377 e. The molecule has 2 nitrogen and oxygen atoms in total. The summed E-state index contributed by atoms with van der Waals surface area (Å²) in [6.07, 6.45) is -2.62. The number of benzene rings is 1. The van der Waals surface area contributed by atoms with Gasteiger partial charge < -0.3 is 5.32 Å². The molecular weight excluding hydrogens is 253 g/mol. The Kier molecular flexibility index (Phi) is 3.74.